The summed E-state index contributed by atoms with van der Waals surface area (Å²) < 4.78 is 10.6. The van der Waals surface area contributed by atoms with E-state index in [-0.39, 0.29) is 0 Å². The zero-order valence-electron chi connectivity index (χ0n) is 13.0. The van der Waals surface area contributed by atoms with Gasteiger partial charge in [0.15, 0.2) is 0 Å². The van der Waals surface area contributed by atoms with E-state index in [4.69, 9.17) is 9.15 Å². The number of hydrogen-bond donors (Lipinski definition) is 2. The molecule has 0 spiro atoms. The van der Waals surface area contributed by atoms with Gasteiger partial charge in [-0.25, -0.2) is 0 Å². The Bertz CT molecular complexity index is 451. The van der Waals surface area contributed by atoms with Gasteiger partial charge in [0.25, 0.3) is 0 Å². The molecule has 1 aromatic rings. The normalized spacial score (nSPS) is 29.0. The Balaban J connectivity index is 1.45. The summed E-state index contributed by atoms with van der Waals surface area (Å²) in [6.45, 7) is 4.29. The number of anilines is 1. The molecular formula is C15H26N4O2. The van der Waals surface area contributed by atoms with Crippen molar-refractivity contribution in [3.8, 4) is 0 Å². The zero-order valence-corrected chi connectivity index (χ0v) is 13.0. The molecule has 2 bridgehead atoms. The number of rotatable bonds is 8. The van der Waals surface area contributed by atoms with Crippen LogP contribution in [0.25, 0.3) is 0 Å². The predicted octanol–water partition coefficient (Wildman–Crippen LogP) is 2.04. The molecule has 6 heteroatoms. The van der Waals surface area contributed by atoms with Gasteiger partial charge in [0, 0.05) is 19.7 Å². The number of hydrogen-bond acceptors (Lipinski definition) is 6. The van der Waals surface area contributed by atoms with Crippen LogP contribution in [0.1, 0.15) is 38.5 Å². The molecule has 1 aromatic heterocycles. The lowest BCUT2D eigenvalue weighted by Crippen LogP contribution is -2.30. The van der Waals surface area contributed by atoms with E-state index >= 15 is 0 Å². The molecular weight excluding hydrogens is 268 g/mol. The lowest BCUT2D eigenvalue weighted by atomic mass is 9.84. The van der Waals surface area contributed by atoms with Crippen molar-refractivity contribution in [2.75, 3.05) is 25.6 Å². The van der Waals surface area contributed by atoms with Crippen molar-refractivity contribution < 1.29 is 9.15 Å². The zero-order chi connectivity index (χ0) is 14.7. The van der Waals surface area contributed by atoms with Crippen LogP contribution in [0.15, 0.2) is 4.42 Å². The summed E-state index contributed by atoms with van der Waals surface area (Å²) in [5.74, 6) is 3.25. The predicted molar refractivity (Wildman–Crippen MR) is 79.9 cm³/mol. The Labute approximate surface area is 126 Å². The van der Waals surface area contributed by atoms with E-state index in [2.05, 4.69) is 27.8 Å². The van der Waals surface area contributed by atoms with Gasteiger partial charge in [-0.2, -0.15) is 0 Å². The summed E-state index contributed by atoms with van der Waals surface area (Å²) in [5, 5.41) is 14.7. The monoisotopic (exact) mass is 294 g/mol. The van der Waals surface area contributed by atoms with Gasteiger partial charge in [0.05, 0.1) is 13.2 Å². The molecule has 4 unspecified atom stereocenters. The van der Waals surface area contributed by atoms with Gasteiger partial charge >= 0.3 is 6.01 Å². The van der Waals surface area contributed by atoms with E-state index in [0.29, 0.717) is 31.1 Å². The smallest absolute Gasteiger partial charge is 0.315 e. The number of nitrogens with one attached hydrogen (secondary N) is 2. The molecule has 0 aliphatic heterocycles. The van der Waals surface area contributed by atoms with Crippen LogP contribution >= 0.6 is 0 Å². The average molecular weight is 294 g/mol. The van der Waals surface area contributed by atoms with Crippen molar-refractivity contribution in [1.29, 1.82) is 0 Å². The third kappa shape index (κ3) is 3.55. The van der Waals surface area contributed by atoms with Crippen LogP contribution in [0, 0.1) is 17.8 Å². The van der Waals surface area contributed by atoms with Crippen LogP contribution in [0.4, 0.5) is 6.01 Å². The highest BCUT2D eigenvalue weighted by Gasteiger charge is 2.42. The maximum absolute atomic E-state index is 5.64. The van der Waals surface area contributed by atoms with E-state index in [1.54, 1.807) is 7.11 Å². The Morgan fingerprint density at radius 1 is 1.33 bits per heavy atom. The average Bonchev–Trinajstić information content (AvgIpc) is 3.20. The molecule has 0 aromatic carbocycles. The molecule has 0 saturated heterocycles. The summed E-state index contributed by atoms with van der Waals surface area (Å²) >= 11 is 0. The summed E-state index contributed by atoms with van der Waals surface area (Å²) in [4.78, 5) is 0. The third-order valence-electron chi connectivity index (χ3n) is 5.01. The van der Waals surface area contributed by atoms with Gasteiger partial charge in [-0.1, -0.05) is 11.5 Å². The van der Waals surface area contributed by atoms with Crippen LogP contribution < -0.4 is 10.6 Å². The minimum atomic E-state index is 0.412. The molecule has 0 radical (unpaired) electrons. The van der Waals surface area contributed by atoms with E-state index in [9.17, 15) is 0 Å². The van der Waals surface area contributed by atoms with Crippen LogP contribution in [0.5, 0.6) is 0 Å². The quantitative estimate of drug-likeness (QED) is 0.715. The Hall–Kier alpha value is -1.14. The molecule has 3 rings (SSSR count). The number of nitrogens with zero attached hydrogens (tertiary/aromatic N) is 2. The second-order valence-corrected chi connectivity index (χ2v) is 6.44. The van der Waals surface area contributed by atoms with Gasteiger partial charge in [-0.05, 0) is 43.9 Å². The van der Waals surface area contributed by atoms with E-state index in [0.717, 1.165) is 24.3 Å². The maximum atomic E-state index is 5.64. The largest absolute Gasteiger partial charge is 0.407 e. The minimum absolute atomic E-state index is 0.412. The minimum Gasteiger partial charge on any atom is -0.407 e. The Morgan fingerprint density at radius 3 is 2.95 bits per heavy atom. The highest BCUT2D eigenvalue weighted by atomic mass is 16.5. The van der Waals surface area contributed by atoms with Gasteiger partial charge in [0.1, 0.15) is 0 Å². The van der Waals surface area contributed by atoms with E-state index < -0.39 is 0 Å². The molecule has 2 aliphatic rings. The molecule has 21 heavy (non-hydrogen) atoms. The van der Waals surface area contributed by atoms with Crippen molar-refractivity contribution >= 4 is 6.01 Å². The van der Waals surface area contributed by atoms with Gasteiger partial charge in [-0.3, -0.25) is 0 Å². The van der Waals surface area contributed by atoms with Crippen molar-refractivity contribution in [2.45, 2.75) is 45.2 Å². The standard InChI is InChI=1S/C15H26N4O2/c1-10(13-8-11-3-4-12(13)7-11)17-15-19-18-14(21-15)9-16-5-6-20-2/h10-13,16H,3-9H2,1-2H3,(H,17,19). The van der Waals surface area contributed by atoms with Crippen LogP contribution in [-0.2, 0) is 11.3 Å². The van der Waals surface area contributed by atoms with Crippen molar-refractivity contribution in [1.82, 2.24) is 15.5 Å². The molecule has 4 atom stereocenters. The molecule has 118 valence electrons. The second kappa shape index (κ2) is 6.75. The number of aromatic nitrogens is 2. The fourth-order valence-corrected chi connectivity index (χ4v) is 3.96. The lowest BCUT2D eigenvalue weighted by molar-refractivity contribution is 0.198. The number of fused-ring (bicyclic) bond motifs is 2. The molecule has 6 nitrogen and oxygen atoms in total. The first kappa shape index (κ1) is 14.8. The van der Waals surface area contributed by atoms with Crippen LogP contribution in [0.3, 0.4) is 0 Å². The first-order chi connectivity index (χ1) is 10.3. The highest BCUT2D eigenvalue weighted by molar-refractivity contribution is 5.20. The summed E-state index contributed by atoms with van der Waals surface area (Å²) in [5.41, 5.74) is 0. The lowest BCUT2D eigenvalue weighted by Gasteiger charge is -2.27. The topological polar surface area (TPSA) is 72.2 Å². The fourth-order valence-electron chi connectivity index (χ4n) is 3.96. The first-order valence-corrected chi connectivity index (χ1v) is 8.05. The summed E-state index contributed by atoms with van der Waals surface area (Å²) in [6.07, 6.45) is 5.62. The Kier molecular flexibility index (Phi) is 4.75. The van der Waals surface area contributed by atoms with Crippen molar-refractivity contribution in [3.05, 3.63) is 5.89 Å². The SMILES string of the molecule is COCCNCc1nnc(NC(C)C2CC3CCC2C3)o1. The maximum Gasteiger partial charge on any atom is 0.315 e. The van der Waals surface area contributed by atoms with Crippen molar-refractivity contribution in [2.24, 2.45) is 17.8 Å². The summed E-state index contributed by atoms with van der Waals surface area (Å²) in [7, 11) is 1.69. The molecule has 2 fully saturated rings. The van der Waals surface area contributed by atoms with Gasteiger partial charge in [-0.15, -0.1) is 5.10 Å². The van der Waals surface area contributed by atoms with Crippen LogP contribution in [-0.4, -0.2) is 36.5 Å². The molecule has 2 aliphatic carbocycles. The molecule has 0 amide bonds. The van der Waals surface area contributed by atoms with Gasteiger partial charge < -0.3 is 19.8 Å². The molecule has 1 heterocycles. The number of ether oxygens (including phenoxy) is 1. The Morgan fingerprint density at radius 2 is 2.24 bits per heavy atom. The fraction of sp³-hybridized carbons (Fsp3) is 0.867. The second-order valence-electron chi connectivity index (χ2n) is 6.44. The summed E-state index contributed by atoms with van der Waals surface area (Å²) in [6, 6.07) is 0.962. The molecule has 2 saturated carbocycles. The van der Waals surface area contributed by atoms with E-state index in [1.165, 1.54) is 25.7 Å². The molecule has 2 N–H and O–H groups in total. The van der Waals surface area contributed by atoms with Crippen LogP contribution in [0.2, 0.25) is 0 Å². The van der Waals surface area contributed by atoms with E-state index in [1.807, 2.05) is 0 Å². The van der Waals surface area contributed by atoms with Gasteiger partial charge in [0.2, 0.25) is 5.89 Å². The third-order valence-corrected chi connectivity index (χ3v) is 5.01. The number of methoxy groups -OCH3 is 1. The first-order valence-electron chi connectivity index (χ1n) is 8.05. The van der Waals surface area contributed by atoms with Crippen molar-refractivity contribution in [3.63, 3.8) is 0 Å². The highest BCUT2D eigenvalue weighted by Crippen LogP contribution is 2.49.